The number of aliphatic hydroxyl groups excluding tert-OH is 1. The van der Waals surface area contributed by atoms with E-state index in [9.17, 15) is 9.90 Å². The highest BCUT2D eigenvalue weighted by Crippen LogP contribution is 2.31. The molecule has 4 heteroatoms. The minimum Gasteiger partial charge on any atom is -0.394 e. The van der Waals surface area contributed by atoms with Crippen molar-refractivity contribution in [3.05, 3.63) is 0 Å². The maximum Gasteiger partial charge on any atom is 0.237 e. The third-order valence-electron chi connectivity index (χ3n) is 3.56. The molecule has 0 heterocycles. The summed E-state index contributed by atoms with van der Waals surface area (Å²) >= 11 is 0. The summed E-state index contributed by atoms with van der Waals surface area (Å²) in [4.78, 5) is 11.8. The van der Waals surface area contributed by atoms with Crippen molar-refractivity contribution in [1.82, 2.24) is 5.32 Å². The van der Waals surface area contributed by atoms with Gasteiger partial charge < -0.3 is 16.2 Å². The maximum atomic E-state index is 11.8. The van der Waals surface area contributed by atoms with Crippen LogP contribution in [0.25, 0.3) is 0 Å². The van der Waals surface area contributed by atoms with E-state index in [2.05, 4.69) is 5.32 Å². The van der Waals surface area contributed by atoms with E-state index >= 15 is 0 Å². The van der Waals surface area contributed by atoms with Crippen LogP contribution in [0.4, 0.5) is 0 Å². The van der Waals surface area contributed by atoms with Gasteiger partial charge in [0.15, 0.2) is 0 Å². The molecular formula is C11H22N2O2. The fourth-order valence-corrected chi connectivity index (χ4v) is 1.78. The van der Waals surface area contributed by atoms with E-state index < -0.39 is 6.04 Å². The lowest BCUT2D eigenvalue weighted by Crippen LogP contribution is -2.60. The maximum absolute atomic E-state index is 11.8. The van der Waals surface area contributed by atoms with Crippen molar-refractivity contribution < 1.29 is 9.90 Å². The molecule has 1 rings (SSSR count). The van der Waals surface area contributed by atoms with Gasteiger partial charge in [0, 0.05) is 0 Å². The molecule has 88 valence electrons. The van der Waals surface area contributed by atoms with Crippen molar-refractivity contribution in [2.24, 2.45) is 11.7 Å². The molecule has 0 radical (unpaired) electrons. The highest BCUT2D eigenvalue weighted by molar-refractivity contribution is 5.82. The van der Waals surface area contributed by atoms with Gasteiger partial charge in [-0.3, -0.25) is 4.79 Å². The topological polar surface area (TPSA) is 75.4 Å². The minimum absolute atomic E-state index is 0.0198. The van der Waals surface area contributed by atoms with E-state index in [4.69, 9.17) is 5.73 Å². The molecule has 15 heavy (non-hydrogen) atoms. The zero-order valence-electron chi connectivity index (χ0n) is 9.62. The molecule has 1 aliphatic carbocycles. The minimum atomic E-state index is -0.459. The monoisotopic (exact) mass is 214 g/mol. The Morgan fingerprint density at radius 1 is 1.60 bits per heavy atom. The third-order valence-corrected chi connectivity index (χ3v) is 3.56. The summed E-state index contributed by atoms with van der Waals surface area (Å²) in [5.41, 5.74) is 5.45. The Hall–Kier alpha value is -0.610. The van der Waals surface area contributed by atoms with Crippen molar-refractivity contribution in [3.8, 4) is 0 Å². The lowest BCUT2D eigenvalue weighted by atomic mass is 9.77. The standard InChI is InChI=1S/C11H22N2O2/c1-3-8(2)9(12)10(15)13-11(7-14)5-4-6-11/h8-9,14H,3-7,12H2,1-2H3,(H,13,15). The Balaban J connectivity index is 2.47. The first kappa shape index (κ1) is 12.5. The van der Waals surface area contributed by atoms with Gasteiger partial charge in [-0.1, -0.05) is 20.3 Å². The van der Waals surface area contributed by atoms with Gasteiger partial charge >= 0.3 is 0 Å². The molecule has 0 saturated heterocycles. The molecule has 1 aliphatic rings. The van der Waals surface area contributed by atoms with Crippen molar-refractivity contribution in [3.63, 3.8) is 0 Å². The molecular weight excluding hydrogens is 192 g/mol. The van der Waals surface area contributed by atoms with E-state index in [0.717, 1.165) is 25.7 Å². The summed E-state index contributed by atoms with van der Waals surface area (Å²) in [7, 11) is 0. The molecule has 0 bridgehead atoms. The summed E-state index contributed by atoms with van der Waals surface area (Å²) < 4.78 is 0. The first-order valence-corrected chi connectivity index (χ1v) is 5.73. The second-order valence-electron chi connectivity index (χ2n) is 4.69. The summed E-state index contributed by atoms with van der Waals surface area (Å²) in [5.74, 6) is 0.0546. The molecule has 1 saturated carbocycles. The second kappa shape index (κ2) is 4.94. The summed E-state index contributed by atoms with van der Waals surface area (Å²) in [6.07, 6.45) is 3.69. The first-order valence-electron chi connectivity index (χ1n) is 5.73. The van der Waals surface area contributed by atoms with Gasteiger partial charge in [-0.05, 0) is 25.2 Å². The predicted octanol–water partition coefficient (Wildman–Crippen LogP) is 0.391. The third kappa shape index (κ3) is 2.69. The molecule has 1 fully saturated rings. The number of carbonyl (C=O) groups excluding carboxylic acids is 1. The van der Waals surface area contributed by atoms with Gasteiger partial charge in [-0.15, -0.1) is 0 Å². The lowest BCUT2D eigenvalue weighted by molar-refractivity contribution is -0.127. The van der Waals surface area contributed by atoms with Crippen LogP contribution in [-0.2, 0) is 4.79 Å². The number of amides is 1. The van der Waals surface area contributed by atoms with Gasteiger partial charge in [0.25, 0.3) is 0 Å². The Bertz CT molecular complexity index is 221. The van der Waals surface area contributed by atoms with Crippen molar-refractivity contribution in [2.45, 2.75) is 51.1 Å². The summed E-state index contributed by atoms with van der Waals surface area (Å²) in [6, 6.07) is -0.459. The Labute approximate surface area is 91.2 Å². The quantitative estimate of drug-likeness (QED) is 0.619. The second-order valence-corrected chi connectivity index (χ2v) is 4.69. The van der Waals surface area contributed by atoms with Gasteiger partial charge in [-0.25, -0.2) is 0 Å². The van der Waals surface area contributed by atoms with Crippen LogP contribution in [0.3, 0.4) is 0 Å². The number of hydrogen-bond donors (Lipinski definition) is 3. The Morgan fingerprint density at radius 3 is 2.53 bits per heavy atom. The molecule has 2 atom stereocenters. The smallest absolute Gasteiger partial charge is 0.237 e. The first-order chi connectivity index (χ1) is 7.04. The SMILES string of the molecule is CCC(C)C(N)C(=O)NC1(CO)CCC1. The fourth-order valence-electron chi connectivity index (χ4n) is 1.78. The van der Waals surface area contributed by atoms with Crippen LogP contribution in [0.2, 0.25) is 0 Å². The van der Waals surface area contributed by atoms with E-state index in [1.165, 1.54) is 0 Å². The normalized spacial score (nSPS) is 22.7. The molecule has 1 amide bonds. The zero-order chi connectivity index (χ0) is 11.5. The molecule has 0 spiro atoms. The van der Waals surface area contributed by atoms with E-state index in [1.54, 1.807) is 0 Å². The van der Waals surface area contributed by atoms with Crippen LogP contribution >= 0.6 is 0 Å². The van der Waals surface area contributed by atoms with Crippen LogP contribution in [0.1, 0.15) is 39.5 Å². The molecule has 0 aromatic rings. The Morgan fingerprint density at radius 2 is 2.20 bits per heavy atom. The van der Waals surface area contributed by atoms with Gasteiger partial charge in [0.1, 0.15) is 0 Å². The highest BCUT2D eigenvalue weighted by atomic mass is 16.3. The zero-order valence-corrected chi connectivity index (χ0v) is 9.62. The highest BCUT2D eigenvalue weighted by Gasteiger charge is 2.39. The van der Waals surface area contributed by atoms with Crippen molar-refractivity contribution in [2.75, 3.05) is 6.61 Å². The number of carbonyl (C=O) groups is 1. The molecule has 0 aliphatic heterocycles. The van der Waals surface area contributed by atoms with Gasteiger partial charge in [0.05, 0.1) is 18.2 Å². The number of nitrogens with one attached hydrogen (secondary N) is 1. The summed E-state index contributed by atoms with van der Waals surface area (Å²) in [6.45, 7) is 4.01. The average molecular weight is 214 g/mol. The molecule has 4 nitrogen and oxygen atoms in total. The largest absolute Gasteiger partial charge is 0.394 e. The lowest BCUT2D eigenvalue weighted by Gasteiger charge is -2.41. The molecule has 0 aromatic heterocycles. The van der Waals surface area contributed by atoms with Crippen LogP contribution in [0, 0.1) is 5.92 Å². The fraction of sp³-hybridized carbons (Fsp3) is 0.909. The molecule has 0 aromatic carbocycles. The van der Waals surface area contributed by atoms with Gasteiger partial charge in [0.2, 0.25) is 5.91 Å². The summed E-state index contributed by atoms with van der Waals surface area (Å²) in [5, 5.41) is 12.1. The average Bonchev–Trinajstić information content (AvgIpc) is 2.20. The molecule has 2 unspecified atom stereocenters. The number of hydrogen-bond acceptors (Lipinski definition) is 3. The van der Waals surface area contributed by atoms with Crippen molar-refractivity contribution in [1.29, 1.82) is 0 Å². The number of rotatable bonds is 5. The number of nitrogens with two attached hydrogens (primary N) is 1. The van der Waals surface area contributed by atoms with Gasteiger partial charge in [-0.2, -0.15) is 0 Å². The van der Waals surface area contributed by atoms with Crippen molar-refractivity contribution >= 4 is 5.91 Å². The number of aliphatic hydroxyl groups is 1. The Kier molecular flexibility index (Phi) is 4.11. The van der Waals surface area contributed by atoms with Crippen LogP contribution in [0.15, 0.2) is 0 Å². The van der Waals surface area contributed by atoms with E-state index in [1.807, 2.05) is 13.8 Å². The van der Waals surface area contributed by atoms with Crippen LogP contribution in [0.5, 0.6) is 0 Å². The van der Waals surface area contributed by atoms with E-state index in [0.29, 0.717) is 0 Å². The van der Waals surface area contributed by atoms with Crippen LogP contribution in [-0.4, -0.2) is 29.2 Å². The van der Waals surface area contributed by atoms with Crippen LogP contribution < -0.4 is 11.1 Å². The molecule has 4 N–H and O–H groups in total. The predicted molar refractivity (Wildman–Crippen MR) is 59.2 cm³/mol. The van der Waals surface area contributed by atoms with E-state index in [-0.39, 0.29) is 24.0 Å².